The molecule has 5 nitrogen and oxygen atoms in total. The molecule has 1 N–H and O–H groups in total. The molecule has 0 saturated heterocycles. The third kappa shape index (κ3) is 4.75. The lowest BCUT2D eigenvalue weighted by atomic mass is 10.2. The van der Waals surface area contributed by atoms with Crippen molar-refractivity contribution in [2.75, 3.05) is 0 Å². The first-order valence-corrected chi connectivity index (χ1v) is 5.43. The van der Waals surface area contributed by atoms with Gasteiger partial charge in [0.25, 0.3) is 11.6 Å². The lowest BCUT2D eigenvalue weighted by Crippen LogP contribution is -2.21. The number of non-ortho nitro benzene ring substituents is 1. The van der Waals surface area contributed by atoms with Gasteiger partial charge in [0.15, 0.2) is 0 Å². The molecule has 0 aliphatic heterocycles. The SMILES string of the molecule is C.C/C=C\C(=C/C)NC(=O)c1ccc([N+](=O)[O-])cc1. The minimum Gasteiger partial charge on any atom is -0.322 e. The number of nitrogens with one attached hydrogen (secondary N) is 1. The van der Waals surface area contributed by atoms with Crippen molar-refractivity contribution in [2.24, 2.45) is 0 Å². The lowest BCUT2D eigenvalue weighted by Gasteiger charge is -2.05. The summed E-state index contributed by atoms with van der Waals surface area (Å²) >= 11 is 0. The summed E-state index contributed by atoms with van der Waals surface area (Å²) in [7, 11) is 0. The van der Waals surface area contributed by atoms with Crippen molar-refractivity contribution in [1.29, 1.82) is 0 Å². The number of carbonyl (C=O) groups excluding carboxylic acids is 1. The molecule has 0 aromatic heterocycles. The van der Waals surface area contributed by atoms with Gasteiger partial charge in [0.1, 0.15) is 0 Å². The van der Waals surface area contributed by atoms with Crippen molar-refractivity contribution >= 4 is 11.6 Å². The molecule has 19 heavy (non-hydrogen) atoms. The Bertz CT molecular complexity index is 502. The fourth-order valence-corrected chi connectivity index (χ4v) is 1.33. The number of rotatable bonds is 4. The molecule has 0 spiro atoms. The van der Waals surface area contributed by atoms with Gasteiger partial charge in [-0.2, -0.15) is 0 Å². The zero-order valence-corrected chi connectivity index (χ0v) is 10.2. The van der Waals surface area contributed by atoms with Gasteiger partial charge in [0.05, 0.1) is 4.92 Å². The van der Waals surface area contributed by atoms with Gasteiger partial charge in [-0.1, -0.05) is 19.6 Å². The molecule has 0 atom stereocenters. The Morgan fingerprint density at radius 1 is 1.26 bits per heavy atom. The average Bonchev–Trinajstić information content (AvgIpc) is 2.38. The molecular weight excluding hydrogens is 244 g/mol. The first-order valence-electron chi connectivity index (χ1n) is 5.43. The first-order chi connectivity index (χ1) is 8.58. The Kier molecular flexibility index (Phi) is 6.81. The number of allylic oxidation sites excluding steroid dienone is 3. The minimum absolute atomic E-state index is 0. The Morgan fingerprint density at radius 2 is 1.84 bits per heavy atom. The highest BCUT2D eigenvalue weighted by Crippen LogP contribution is 2.12. The van der Waals surface area contributed by atoms with Crippen molar-refractivity contribution in [3.05, 3.63) is 63.9 Å². The van der Waals surface area contributed by atoms with E-state index in [0.717, 1.165) is 0 Å². The summed E-state index contributed by atoms with van der Waals surface area (Å²) in [6, 6.07) is 5.46. The number of amides is 1. The fourth-order valence-electron chi connectivity index (χ4n) is 1.33. The van der Waals surface area contributed by atoms with Crippen molar-refractivity contribution in [3.63, 3.8) is 0 Å². The number of benzene rings is 1. The molecule has 0 unspecified atom stereocenters. The van der Waals surface area contributed by atoms with Gasteiger partial charge in [-0.3, -0.25) is 14.9 Å². The van der Waals surface area contributed by atoms with Crippen LogP contribution in [-0.4, -0.2) is 10.8 Å². The van der Waals surface area contributed by atoms with E-state index in [2.05, 4.69) is 5.32 Å². The van der Waals surface area contributed by atoms with Crippen LogP contribution < -0.4 is 5.32 Å². The summed E-state index contributed by atoms with van der Waals surface area (Å²) in [4.78, 5) is 21.8. The van der Waals surface area contributed by atoms with Gasteiger partial charge < -0.3 is 5.32 Å². The van der Waals surface area contributed by atoms with E-state index in [9.17, 15) is 14.9 Å². The zero-order chi connectivity index (χ0) is 13.5. The Labute approximate surface area is 112 Å². The van der Waals surface area contributed by atoms with Crippen LogP contribution in [0.3, 0.4) is 0 Å². The summed E-state index contributed by atoms with van der Waals surface area (Å²) < 4.78 is 0. The van der Waals surface area contributed by atoms with Gasteiger partial charge in [0.2, 0.25) is 0 Å². The van der Waals surface area contributed by atoms with E-state index in [1.165, 1.54) is 24.3 Å². The van der Waals surface area contributed by atoms with Gasteiger partial charge in [-0.05, 0) is 32.1 Å². The van der Waals surface area contributed by atoms with E-state index in [1.54, 1.807) is 12.2 Å². The van der Waals surface area contributed by atoms with E-state index in [-0.39, 0.29) is 19.0 Å². The Morgan fingerprint density at radius 3 is 2.26 bits per heavy atom. The Balaban J connectivity index is 0.00000324. The largest absolute Gasteiger partial charge is 0.322 e. The molecule has 0 saturated carbocycles. The van der Waals surface area contributed by atoms with Crippen LogP contribution >= 0.6 is 0 Å². The molecule has 102 valence electrons. The molecule has 1 amide bonds. The van der Waals surface area contributed by atoms with E-state index in [4.69, 9.17) is 0 Å². The monoisotopic (exact) mass is 262 g/mol. The van der Waals surface area contributed by atoms with Crippen LogP contribution in [0.15, 0.2) is 48.2 Å². The molecular formula is C14H18N2O3. The summed E-state index contributed by atoms with van der Waals surface area (Å²) in [5.74, 6) is -0.295. The molecule has 0 fully saturated rings. The van der Waals surface area contributed by atoms with Crippen molar-refractivity contribution in [1.82, 2.24) is 5.32 Å². The van der Waals surface area contributed by atoms with Crippen LogP contribution in [-0.2, 0) is 0 Å². The van der Waals surface area contributed by atoms with Crippen LogP contribution in [0, 0.1) is 10.1 Å². The maximum atomic E-state index is 11.8. The first kappa shape index (κ1) is 16.6. The van der Waals surface area contributed by atoms with Crippen molar-refractivity contribution in [3.8, 4) is 0 Å². The van der Waals surface area contributed by atoms with Crippen LogP contribution in [0.4, 0.5) is 5.69 Å². The standard InChI is InChI=1S/C13H14N2O3.CH4/c1-3-5-11(4-2)14-13(16)10-6-8-12(9-7-10)15(17)18;/h3-9H,1-2H3,(H,14,16);1H4/b5-3-,11-4+;. The van der Waals surface area contributed by atoms with Crippen LogP contribution in [0.25, 0.3) is 0 Å². The summed E-state index contributed by atoms with van der Waals surface area (Å²) in [6.07, 6.45) is 5.35. The van der Waals surface area contributed by atoms with Crippen LogP contribution in [0.2, 0.25) is 0 Å². The lowest BCUT2D eigenvalue weighted by molar-refractivity contribution is -0.384. The highest BCUT2D eigenvalue weighted by molar-refractivity contribution is 5.95. The number of hydrogen-bond donors (Lipinski definition) is 1. The predicted molar refractivity (Wildman–Crippen MR) is 75.9 cm³/mol. The predicted octanol–water partition coefficient (Wildman–Crippen LogP) is 3.44. The second kappa shape index (κ2) is 7.81. The topological polar surface area (TPSA) is 72.2 Å². The second-order valence-electron chi connectivity index (χ2n) is 3.50. The van der Waals surface area contributed by atoms with Gasteiger partial charge in [-0.25, -0.2) is 0 Å². The average molecular weight is 262 g/mol. The molecule has 1 aromatic rings. The number of hydrogen-bond acceptors (Lipinski definition) is 3. The normalized spacial score (nSPS) is 10.9. The number of nitro groups is 1. The number of nitrogens with zero attached hydrogens (tertiary/aromatic N) is 1. The number of carbonyl (C=O) groups is 1. The second-order valence-corrected chi connectivity index (χ2v) is 3.50. The molecule has 0 aliphatic rings. The van der Waals surface area contributed by atoms with E-state index >= 15 is 0 Å². The van der Waals surface area contributed by atoms with E-state index < -0.39 is 4.92 Å². The quantitative estimate of drug-likeness (QED) is 0.513. The Hall–Kier alpha value is -2.43. The van der Waals surface area contributed by atoms with Crippen molar-refractivity contribution in [2.45, 2.75) is 21.3 Å². The zero-order valence-electron chi connectivity index (χ0n) is 10.2. The highest BCUT2D eigenvalue weighted by atomic mass is 16.6. The van der Waals surface area contributed by atoms with Gasteiger partial charge >= 0.3 is 0 Å². The third-order valence-electron chi connectivity index (χ3n) is 2.26. The smallest absolute Gasteiger partial charge is 0.269 e. The molecule has 0 radical (unpaired) electrons. The van der Waals surface area contributed by atoms with Crippen LogP contribution in [0.5, 0.6) is 0 Å². The molecule has 0 bridgehead atoms. The van der Waals surface area contributed by atoms with E-state index in [0.29, 0.717) is 11.3 Å². The molecule has 1 aromatic carbocycles. The third-order valence-corrected chi connectivity index (χ3v) is 2.26. The molecule has 5 heteroatoms. The molecule has 0 heterocycles. The van der Waals surface area contributed by atoms with E-state index in [1.807, 2.05) is 19.9 Å². The maximum Gasteiger partial charge on any atom is 0.269 e. The van der Waals surface area contributed by atoms with Gasteiger partial charge in [-0.15, -0.1) is 0 Å². The number of nitro benzene ring substituents is 1. The molecule has 1 rings (SSSR count). The highest BCUT2D eigenvalue weighted by Gasteiger charge is 2.09. The summed E-state index contributed by atoms with van der Waals surface area (Å²) in [5, 5.41) is 13.2. The maximum absolute atomic E-state index is 11.8. The van der Waals surface area contributed by atoms with Crippen molar-refractivity contribution < 1.29 is 9.72 Å². The summed E-state index contributed by atoms with van der Waals surface area (Å²) in [6.45, 7) is 3.66. The fraction of sp³-hybridized carbons (Fsp3) is 0.214. The molecule has 0 aliphatic carbocycles. The minimum atomic E-state index is -0.501. The van der Waals surface area contributed by atoms with Crippen LogP contribution in [0.1, 0.15) is 31.6 Å². The summed E-state index contributed by atoms with van der Waals surface area (Å²) in [5.41, 5.74) is 1.02. The van der Waals surface area contributed by atoms with Gasteiger partial charge in [0, 0.05) is 23.4 Å².